The highest BCUT2D eigenvalue weighted by molar-refractivity contribution is 7.99. The number of benzene rings is 2. The Morgan fingerprint density at radius 3 is 2.57 bits per heavy atom. The number of fused-ring (bicyclic) bond motifs is 1. The van der Waals surface area contributed by atoms with Gasteiger partial charge in [0.25, 0.3) is 0 Å². The summed E-state index contributed by atoms with van der Waals surface area (Å²) >= 11 is 1.87. The van der Waals surface area contributed by atoms with Crippen LogP contribution in [0.5, 0.6) is 0 Å². The first kappa shape index (κ1) is 9.60. The molecule has 0 aliphatic heterocycles. The third-order valence-electron chi connectivity index (χ3n) is 2.13. The summed E-state index contributed by atoms with van der Waals surface area (Å²) in [6.07, 6.45) is 0.984. The Hall–Kier alpha value is -0.950. The molecule has 2 aromatic rings. The molecule has 0 saturated carbocycles. The maximum absolute atomic E-state index is 3.84. The van der Waals surface area contributed by atoms with Crippen LogP contribution in [0, 0.1) is 6.92 Å². The molecule has 1 heteroatoms. The summed E-state index contributed by atoms with van der Waals surface area (Å²) in [5, 5.41) is 2.63. The fraction of sp³-hybridized carbons (Fsp3) is 0.154. The summed E-state index contributed by atoms with van der Waals surface area (Å²) in [7, 11) is 0. The van der Waals surface area contributed by atoms with Gasteiger partial charge in [-0.3, -0.25) is 0 Å². The van der Waals surface area contributed by atoms with Gasteiger partial charge in [-0.25, -0.2) is 0 Å². The molecular weight excluding hydrogens is 188 g/mol. The first-order valence-electron chi connectivity index (χ1n) is 4.81. The minimum absolute atomic E-state index is 0.984. The molecule has 0 N–H and O–H groups in total. The third kappa shape index (κ3) is 2.10. The zero-order valence-electron chi connectivity index (χ0n) is 8.07. The lowest BCUT2D eigenvalue weighted by molar-refractivity contribution is 1.24. The Balaban J connectivity index is 2.32. The van der Waals surface area contributed by atoms with E-state index in [0.29, 0.717) is 0 Å². The molecule has 0 spiro atoms. The Bertz CT molecular complexity index is 420. The maximum Gasteiger partial charge on any atom is 0.00783 e. The second kappa shape index (κ2) is 4.52. The van der Waals surface area contributed by atoms with Gasteiger partial charge in [-0.15, -0.1) is 11.8 Å². The van der Waals surface area contributed by atoms with Gasteiger partial charge in [-0.05, 0) is 35.1 Å². The molecule has 0 bridgehead atoms. The number of rotatable bonds is 3. The molecule has 14 heavy (non-hydrogen) atoms. The molecule has 2 rings (SSSR count). The van der Waals surface area contributed by atoms with Crippen molar-refractivity contribution in [1.29, 1.82) is 0 Å². The molecule has 0 amide bonds. The van der Waals surface area contributed by atoms with Crippen molar-refractivity contribution in [1.82, 2.24) is 0 Å². The molecule has 0 atom stereocenters. The Kier molecular flexibility index (Phi) is 3.10. The molecule has 0 saturated heterocycles. The van der Waals surface area contributed by atoms with Crippen molar-refractivity contribution in [3.05, 3.63) is 49.4 Å². The molecule has 0 fully saturated rings. The molecule has 2 aromatic carbocycles. The van der Waals surface area contributed by atoms with E-state index in [1.165, 1.54) is 15.7 Å². The minimum atomic E-state index is 0.984. The quantitative estimate of drug-likeness (QED) is 0.672. The van der Waals surface area contributed by atoms with E-state index in [4.69, 9.17) is 0 Å². The lowest BCUT2D eigenvalue weighted by atomic mass is 10.1. The SMILES string of the molecule is [CH2]CCSc1ccc2ccccc2c1. The van der Waals surface area contributed by atoms with Crippen LogP contribution < -0.4 is 0 Å². The van der Waals surface area contributed by atoms with E-state index in [9.17, 15) is 0 Å². The number of hydrogen-bond donors (Lipinski definition) is 0. The third-order valence-corrected chi connectivity index (χ3v) is 3.21. The lowest BCUT2D eigenvalue weighted by Crippen LogP contribution is -1.77. The van der Waals surface area contributed by atoms with E-state index in [0.717, 1.165) is 12.2 Å². The summed E-state index contributed by atoms with van der Waals surface area (Å²) < 4.78 is 0. The molecule has 0 aliphatic carbocycles. The Morgan fingerprint density at radius 2 is 1.79 bits per heavy atom. The van der Waals surface area contributed by atoms with Gasteiger partial charge in [-0.1, -0.05) is 37.3 Å². The lowest BCUT2D eigenvalue weighted by Gasteiger charge is -2.02. The highest BCUT2D eigenvalue weighted by Crippen LogP contribution is 2.23. The van der Waals surface area contributed by atoms with Crippen LogP contribution in [0.25, 0.3) is 10.8 Å². The van der Waals surface area contributed by atoms with E-state index in [2.05, 4.69) is 49.4 Å². The van der Waals surface area contributed by atoms with Crippen LogP contribution in [-0.2, 0) is 0 Å². The van der Waals surface area contributed by atoms with Gasteiger partial charge >= 0.3 is 0 Å². The topological polar surface area (TPSA) is 0 Å². The van der Waals surface area contributed by atoms with E-state index >= 15 is 0 Å². The highest BCUT2D eigenvalue weighted by Gasteiger charge is 1.95. The predicted molar refractivity (Wildman–Crippen MR) is 64.6 cm³/mol. The minimum Gasteiger partial charge on any atom is -0.126 e. The zero-order valence-corrected chi connectivity index (χ0v) is 8.89. The van der Waals surface area contributed by atoms with Gasteiger partial charge in [0.2, 0.25) is 0 Å². The second-order valence-electron chi connectivity index (χ2n) is 3.21. The van der Waals surface area contributed by atoms with Crippen LogP contribution in [0.1, 0.15) is 6.42 Å². The molecular formula is C13H13S. The van der Waals surface area contributed by atoms with Crippen LogP contribution in [-0.4, -0.2) is 5.75 Å². The summed E-state index contributed by atoms with van der Waals surface area (Å²) in [5.74, 6) is 1.10. The molecule has 1 radical (unpaired) electrons. The summed E-state index contributed by atoms with van der Waals surface area (Å²) in [5.41, 5.74) is 0. The monoisotopic (exact) mass is 201 g/mol. The van der Waals surface area contributed by atoms with Gasteiger partial charge in [0.05, 0.1) is 0 Å². The van der Waals surface area contributed by atoms with Crippen LogP contribution in [0.2, 0.25) is 0 Å². The first-order chi connectivity index (χ1) is 6.90. The summed E-state index contributed by atoms with van der Waals surface area (Å²) in [6, 6.07) is 15.1. The van der Waals surface area contributed by atoms with Gasteiger partial charge in [0.15, 0.2) is 0 Å². The largest absolute Gasteiger partial charge is 0.126 e. The Morgan fingerprint density at radius 1 is 1.00 bits per heavy atom. The van der Waals surface area contributed by atoms with Gasteiger partial charge < -0.3 is 0 Å². The van der Waals surface area contributed by atoms with Crippen molar-refractivity contribution in [2.45, 2.75) is 11.3 Å². The van der Waals surface area contributed by atoms with Crippen molar-refractivity contribution in [3.8, 4) is 0 Å². The van der Waals surface area contributed by atoms with Crippen molar-refractivity contribution < 1.29 is 0 Å². The fourth-order valence-electron chi connectivity index (χ4n) is 1.45. The van der Waals surface area contributed by atoms with E-state index in [1.54, 1.807) is 0 Å². The van der Waals surface area contributed by atoms with Crippen LogP contribution in [0.3, 0.4) is 0 Å². The normalized spacial score (nSPS) is 10.6. The van der Waals surface area contributed by atoms with E-state index in [-0.39, 0.29) is 0 Å². The van der Waals surface area contributed by atoms with Gasteiger partial charge in [0.1, 0.15) is 0 Å². The fourth-order valence-corrected chi connectivity index (χ4v) is 2.20. The van der Waals surface area contributed by atoms with Crippen LogP contribution in [0.4, 0.5) is 0 Å². The number of thioether (sulfide) groups is 1. The average molecular weight is 201 g/mol. The first-order valence-corrected chi connectivity index (χ1v) is 5.79. The summed E-state index contributed by atoms with van der Waals surface area (Å²) in [6.45, 7) is 3.84. The molecule has 0 unspecified atom stereocenters. The molecule has 0 nitrogen and oxygen atoms in total. The van der Waals surface area contributed by atoms with Crippen molar-refractivity contribution in [2.75, 3.05) is 5.75 Å². The van der Waals surface area contributed by atoms with Crippen molar-refractivity contribution >= 4 is 22.5 Å². The predicted octanol–water partition coefficient (Wildman–Crippen LogP) is 4.16. The molecule has 0 aliphatic rings. The standard InChI is InChI=1S/C13H13S/c1-2-9-14-13-8-7-11-5-3-4-6-12(11)10-13/h3-8,10H,1-2,9H2. The molecule has 71 valence electrons. The maximum atomic E-state index is 3.84. The average Bonchev–Trinajstić information content (AvgIpc) is 2.26. The molecule has 0 aromatic heterocycles. The van der Waals surface area contributed by atoms with E-state index < -0.39 is 0 Å². The zero-order chi connectivity index (χ0) is 9.80. The Labute approximate surface area is 89.3 Å². The van der Waals surface area contributed by atoms with Crippen molar-refractivity contribution in [3.63, 3.8) is 0 Å². The van der Waals surface area contributed by atoms with Crippen LogP contribution in [0.15, 0.2) is 47.4 Å². The summed E-state index contributed by atoms with van der Waals surface area (Å²) in [4.78, 5) is 1.34. The second-order valence-corrected chi connectivity index (χ2v) is 4.38. The van der Waals surface area contributed by atoms with Crippen LogP contribution >= 0.6 is 11.8 Å². The smallest absolute Gasteiger partial charge is 0.00783 e. The van der Waals surface area contributed by atoms with Gasteiger partial charge in [-0.2, -0.15) is 0 Å². The van der Waals surface area contributed by atoms with E-state index in [1.807, 2.05) is 11.8 Å². The highest BCUT2D eigenvalue weighted by atomic mass is 32.2. The van der Waals surface area contributed by atoms with Gasteiger partial charge in [0, 0.05) is 4.90 Å². The van der Waals surface area contributed by atoms with Crippen molar-refractivity contribution in [2.24, 2.45) is 0 Å². The number of hydrogen-bond acceptors (Lipinski definition) is 1. The molecule has 0 heterocycles.